The van der Waals surface area contributed by atoms with Crippen LogP contribution in [0.3, 0.4) is 0 Å². The summed E-state index contributed by atoms with van der Waals surface area (Å²) in [5, 5.41) is 12.9. The van der Waals surface area contributed by atoms with E-state index in [1.807, 2.05) is 0 Å². The molecule has 2 aliphatic rings. The number of nitrogens with one attached hydrogen (secondary N) is 1. The van der Waals surface area contributed by atoms with Crippen LogP contribution in [0.25, 0.3) is 0 Å². The van der Waals surface area contributed by atoms with Crippen molar-refractivity contribution in [1.29, 1.82) is 0 Å². The zero-order valence-corrected chi connectivity index (χ0v) is 8.21. The summed E-state index contributed by atoms with van der Waals surface area (Å²) >= 11 is 0. The fourth-order valence-electron chi connectivity index (χ4n) is 2.33. The van der Waals surface area contributed by atoms with Crippen LogP contribution in [0.15, 0.2) is 0 Å². The Balaban J connectivity index is 1.69. The molecule has 2 saturated heterocycles. The first-order valence-corrected chi connectivity index (χ1v) is 5.48. The summed E-state index contributed by atoms with van der Waals surface area (Å²) in [6, 6.07) is 0.718. The van der Waals surface area contributed by atoms with Crippen molar-refractivity contribution < 1.29 is 5.11 Å². The van der Waals surface area contributed by atoms with Crippen LogP contribution in [-0.2, 0) is 0 Å². The lowest BCUT2D eigenvalue weighted by Crippen LogP contribution is -2.42. The first kappa shape index (κ1) is 9.44. The smallest absolute Gasteiger partial charge is 0.0564 e. The molecule has 0 aromatic heterocycles. The third-order valence-electron chi connectivity index (χ3n) is 3.20. The Bertz CT molecular complexity index is 149. The number of piperidine rings is 1. The van der Waals surface area contributed by atoms with Crippen molar-refractivity contribution in [2.75, 3.05) is 26.2 Å². The summed E-state index contributed by atoms with van der Waals surface area (Å²) in [4.78, 5) is 2.48. The van der Waals surface area contributed by atoms with Gasteiger partial charge in [0.05, 0.1) is 6.10 Å². The van der Waals surface area contributed by atoms with Crippen molar-refractivity contribution in [2.24, 2.45) is 0 Å². The van der Waals surface area contributed by atoms with Gasteiger partial charge < -0.3 is 15.3 Å². The molecule has 3 heteroatoms. The van der Waals surface area contributed by atoms with E-state index in [1.54, 1.807) is 0 Å². The predicted octanol–water partition coefficient (Wildman–Crippen LogP) is 0.195. The lowest BCUT2D eigenvalue weighted by Gasteiger charge is -2.31. The fraction of sp³-hybridized carbons (Fsp3) is 1.00. The molecule has 2 aliphatic heterocycles. The van der Waals surface area contributed by atoms with Gasteiger partial charge in [-0.15, -0.1) is 0 Å². The normalized spacial score (nSPS) is 32.5. The van der Waals surface area contributed by atoms with Crippen LogP contribution in [0.5, 0.6) is 0 Å². The summed E-state index contributed by atoms with van der Waals surface area (Å²) in [5.74, 6) is 0. The number of nitrogens with zero attached hydrogens (tertiary/aromatic N) is 1. The molecule has 2 heterocycles. The van der Waals surface area contributed by atoms with E-state index in [0.717, 1.165) is 32.0 Å². The molecule has 2 N–H and O–H groups in total. The summed E-state index contributed by atoms with van der Waals surface area (Å²) < 4.78 is 0. The SMILES string of the molecule is OC1CCN(CC2CCCN2)CC1. The standard InChI is InChI=1S/C10H20N2O/c13-10-3-6-12(7-4-10)8-9-2-1-5-11-9/h9-11,13H,1-8H2. The molecule has 0 aromatic carbocycles. The van der Waals surface area contributed by atoms with Crippen molar-refractivity contribution in [3.8, 4) is 0 Å². The maximum absolute atomic E-state index is 9.35. The van der Waals surface area contributed by atoms with Crippen molar-refractivity contribution >= 4 is 0 Å². The van der Waals surface area contributed by atoms with Gasteiger partial charge in [0.25, 0.3) is 0 Å². The average Bonchev–Trinajstić information content (AvgIpc) is 2.62. The molecule has 0 amide bonds. The van der Waals surface area contributed by atoms with Crippen LogP contribution >= 0.6 is 0 Å². The highest BCUT2D eigenvalue weighted by molar-refractivity contribution is 4.80. The highest BCUT2D eigenvalue weighted by Gasteiger charge is 2.21. The van der Waals surface area contributed by atoms with Crippen LogP contribution in [0.2, 0.25) is 0 Å². The van der Waals surface area contributed by atoms with Crippen molar-refractivity contribution in [2.45, 2.75) is 37.8 Å². The largest absolute Gasteiger partial charge is 0.393 e. The summed E-state index contributed by atoms with van der Waals surface area (Å²) in [6.07, 6.45) is 4.56. The Labute approximate surface area is 80.1 Å². The Morgan fingerprint density at radius 2 is 2.00 bits per heavy atom. The third-order valence-corrected chi connectivity index (χ3v) is 3.20. The second kappa shape index (κ2) is 4.40. The maximum Gasteiger partial charge on any atom is 0.0564 e. The Morgan fingerprint density at radius 1 is 1.23 bits per heavy atom. The van der Waals surface area contributed by atoms with E-state index in [0.29, 0.717) is 0 Å². The molecule has 3 nitrogen and oxygen atoms in total. The average molecular weight is 184 g/mol. The second-order valence-electron chi connectivity index (χ2n) is 4.33. The number of aliphatic hydroxyl groups excluding tert-OH is 1. The first-order chi connectivity index (χ1) is 6.34. The molecule has 1 unspecified atom stereocenters. The van der Waals surface area contributed by atoms with Crippen LogP contribution in [0.1, 0.15) is 25.7 Å². The van der Waals surface area contributed by atoms with Gasteiger partial charge in [0.15, 0.2) is 0 Å². The van der Waals surface area contributed by atoms with Gasteiger partial charge in [0.2, 0.25) is 0 Å². The van der Waals surface area contributed by atoms with E-state index in [2.05, 4.69) is 10.2 Å². The third kappa shape index (κ3) is 2.66. The molecule has 1 atom stereocenters. The lowest BCUT2D eigenvalue weighted by molar-refractivity contribution is 0.0788. The zero-order valence-electron chi connectivity index (χ0n) is 8.21. The summed E-state index contributed by atoms with van der Waals surface area (Å²) in [5.41, 5.74) is 0. The minimum absolute atomic E-state index is 0.0345. The highest BCUT2D eigenvalue weighted by Crippen LogP contribution is 2.13. The molecular weight excluding hydrogens is 164 g/mol. The minimum atomic E-state index is -0.0345. The summed E-state index contributed by atoms with van der Waals surface area (Å²) in [7, 11) is 0. The molecule has 13 heavy (non-hydrogen) atoms. The number of likely N-dealkylation sites (tertiary alicyclic amines) is 1. The highest BCUT2D eigenvalue weighted by atomic mass is 16.3. The van der Waals surface area contributed by atoms with Crippen molar-refractivity contribution in [3.63, 3.8) is 0 Å². The van der Waals surface area contributed by atoms with Crippen LogP contribution in [-0.4, -0.2) is 48.3 Å². The number of aliphatic hydroxyl groups is 1. The van der Waals surface area contributed by atoms with Gasteiger partial charge in [-0.2, -0.15) is 0 Å². The van der Waals surface area contributed by atoms with Crippen LogP contribution in [0, 0.1) is 0 Å². The lowest BCUT2D eigenvalue weighted by atomic mass is 10.1. The molecule has 2 fully saturated rings. The quantitative estimate of drug-likeness (QED) is 0.643. The topological polar surface area (TPSA) is 35.5 Å². The molecule has 2 rings (SSSR count). The number of rotatable bonds is 2. The number of hydrogen-bond acceptors (Lipinski definition) is 3. The van der Waals surface area contributed by atoms with E-state index in [-0.39, 0.29) is 6.10 Å². The zero-order chi connectivity index (χ0) is 9.10. The van der Waals surface area contributed by atoms with Crippen LogP contribution < -0.4 is 5.32 Å². The van der Waals surface area contributed by atoms with Crippen LogP contribution in [0.4, 0.5) is 0 Å². The maximum atomic E-state index is 9.35. The molecule has 0 radical (unpaired) electrons. The van der Waals surface area contributed by atoms with Crippen molar-refractivity contribution in [1.82, 2.24) is 10.2 Å². The van der Waals surface area contributed by atoms with Gasteiger partial charge >= 0.3 is 0 Å². The Hall–Kier alpha value is -0.120. The molecule has 76 valence electrons. The molecule has 0 spiro atoms. The van der Waals surface area contributed by atoms with Gasteiger partial charge in [-0.05, 0) is 32.2 Å². The van der Waals surface area contributed by atoms with Gasteiger partial charge in [0.1, 0.15) is 0 Å². The fourth-order valence-corrected chi connectivity index (χ4v) is 2.33. The van der Waals surface area contributed by atoms with Gasteiger partial charge in [0, 0.05) is 25.7 Å². The van der Waals surface area contributed by atoms with Gasteiger partial charge in [-0.3, -0.25) is 0 Å². The first-order valence-electron chi connectivity index (χ1n) is 5.48. The monoisotopic (exact) mass is 184 g/mol. The Morgan fingerprint density at radius 3 is 2.62 bits per heavy atom. The molecule has 0 saturated carbocycles. The summed E-state index contributed by atoms with van der Waals surface area (Å²) in [6.45, 7) is 4.55. The Kier molecular flexibility index (Phi) is 3.19. The second-order valence-corrected chi connectivity index (χ2v) is 4.33. The molecule has 0 aliphatic carbocycles. The molecule has 0 aromatic rings. The van der Waals surface area contributed by atoms with E-state index in [9.17, 15) is 5.11 Å². The van der Waals surface area contributed by atoms with E-state index in [1.165, 1.54) is 25.9 Å². The van der Waals surface area contributed by atoms with E-state index >= 15 is 0 Å². The predicted molar refractivity (Wildman–Crippen MR) is 52.7 cm³/mol. The van der Waals surface area contributed by atoms with Gasteiger partial charge in [-0.25, -0.2) is 0 Å². The minimum Gasteiger partial charge on any atom is -0.393 e. The molecule has 0 bridgehead atoms. The van der Waals surface area contributed by atoms with E-state index in [4.69, 9.17) is 0 Å². The van der Waals surface area contributed by atoms with Gasteiger partial charge in [-0.1, -0.05) is 0 Å². The number of hydrogen-bond donors (Lipinski definition) is 2. The van der Waals surface area contributed by atoms with E-state index < -0.39 is 0 Å². The van der Waals surface area contributed by atoms with Crippen molar-refractivity contribution in [3.05, 3.63) is 0 Å². The molecular formula is C10H20N2O.